The maximum atomic E-state index is 6.27. The summed E-state index contributed by atoms with van der Waals surface area (Å²) in [6.07, 6.45) is 1.83. The zero-order valence-electron chi connectivity index (χ0n) is 17.7. The Morgan fingerprint density at radius 2 is 1.58 bits per heavy atom. The molecule has 1 aromatic rings. The molecule has 0 fully saturated rings. The fraction of sp³-hybridized carbons (Fsp3) is 0.714. The molecule has 5 heteroatoms. The largest absolute Gasteiger partial charge is 0.417 e. The second-order valence-corrected chi connectivity index (χ2v) is 13.2. The molecule has 0 saturated heterocycles. The van der Waals surface area contributed by atoms with Crippen LogP contribution in [-0.4, -0.2) is 48.0 Å². The van der Waals surface area contributed by atoms with Crippen molar-refractivity contribution in [3.8, 4) is 0 Å². The van der Waals surface area contributed by atoms with Gasteiger partial charge in [0.05, 0.1) is 25.4 Å². The van der Waals surface area contributed by atoms with E-state index in [-0.39, 0.29) is 17.2 Å². The molecule has 2 atom stereocenters. The summed E-state index contributed by atoms with van der Waals surface area (Å²) in [7, 11) is 1.79. The molecule has 0 N–H and O–H groups in total. The van der Waals surface area contributed by atoms with Crippen LogP contribution in [0.5, 0.6) is 0 Å². The molecule has 4 nitrogen and oxygen atoms in total. The Morgan fingerprint density at radius 1 is 0.962 bits per heavy atom. The van der Waals surface area contributed by atoms with Crippen molar-refractivity contribution in [1.29, 1.82) is 0 Å². The number of hydrogen-bond donors (Lipinski definition) is 0. The molecule has 0 heterocycles. The highest BCUT2D eigenvalue weighted by atomic mass is 28.4. The van der Waals surface area contributed by atoms with Crippen molar-refractivity contribution in [3.63, 3.8) is 0 Å². The quantitative estimate of drug-likeness (QED) is 0.475. The van der Waals surface area contributed by atoms with Crippen molar-refractivity contribution in [1.82, 2.24) is 0 Å². The molecule has 0 radical (unpaired) electrons. The Bertz CT molecular complexity index is 485. The van der Waals surface area contributed by atoms with Crippen molar-refractivity contribution in [2.75, 3.05) is 27.4 Å². The summed E-state index contributed by atoms with van der Waals surface area (Å²) < 4.78 is 23.3. The van der Waals surface area contributed by atoms with E-state index >= 15 is 0 Å². The summed E-state index contributed by atoms with van der Waals surface area (Å²) in [5.41, 5.74) is 1.17. The van der Waals surface area contributed by atoms with Crippen molar-refractivity contribution in [2.45, 2.75) is 70.6 Å². The average molecular weight is 383 g/mol. The number of methoxy groups -OCH3 is 2. The van der Waals surface area contributed by atoms with Crippen LogP contribution in [0.1, 0.15) is 39.2 Å². The lowest BCUT2D eigenvalue weighted by Gasteiger charge is -2.36. The Morgan fingerprint density at radius 3 is 2.12 bits per heavy atom. The summed E-state index contributed by atoms with van der Waals surface area (Å²) in [5, 5.41) is 0.232. The SMILES string of the molecule is CO[C@@H](CCO[Si](C)(C)C(C)(C)C)C[C@H](COCc1ccccc1)OC. The van der Waals surface area contributed by atoms with E-state index in [4.69, 9.17) is 18.6 Å². The van der Waals surface area contributed by atoms with Gasteiger partial charge < -0.3 is 18.6 Å². The summed E-state index contributed by atoms with van der Waals surface area (Å²) in [4.78, 5) is 0. The number of benzene rings is 1. The summed E-state index contributed by atoms with van der Waals surface area (Å²) in [5.74, 6) is 0. The molecule has 1 aromatic carbocycles. The first kappa shape index (κ1) is 23.3. The van der Waals surface area contributed by atoms with Crippen molar-refractivity contribution in [3.05, 3.63) is 35.9 Å². The molecule has 0 aliphatic rings. The molecule has 0 aliphatic carbocycles. The van der Waals surface area contributed by atoms with E-state index in [1.54, 1.807) is 14.2 Å². The minimum atomic E-state index is -1.70. The van der Waals surface area contributed by atoms with Crippen LogP contribution in [0.4, 0.5) is 0 Å². The molecule has 0 aliphatic heterocycles. The van der Waals surface area contributed by atoms with Crippen LogP contribution in [0.2, 0.25) is 18.1 Å². The van der Waals surface area contributed by atoms with Gasteiger partial charge in [-0.15, -0.1) is 0 Å². The number of ether oxygens (including phenoxy) is 3. The van der Waals surface area contributed by atoms with Gasteiger partial charge in [0.15, 0.2) is 8.32 Å². The molecule has 0 unspecified atom stereocenters. The monoisotopic (exact) mass is 382 g/mol. The van der Waals surface area contributed by atoms with Crippen molar-refractivity contribution < 1.29 is 18.6 Å². The minimum absolute atomic E-state index is 0.0246. The standard InChI is InChI=1S/C21H38O4Si/c1-21(2,3)26(6,7)25-14-13-19(22-4)15-20(23-5)17-24-16-18-11-9-8-10-12-18/h8-12,19-20H,13-17H2,1-7H3/t19-,20+/m0/s1. The van der Waals surface area contributed by atoms with E-state index in [2.05, 4.69) is 46.0 Å². The normalized spacial score (nSPS) is 15.0. The smallest absolute Gasteiger partial charge is 0.191 e. The van der Waals surface area contributed by atoms with E-state index in [0.717, 1.165) is 19.4 Å². The Kier molecular flexibility index (Phi) is 10.0. The van der Waals surface area contributed by atoms with Crippen LogP contribution in [0.25, 0.3) is 0 Å². The Labute approximate surface area is 161 Å². The zero-order valence-corrected chi connectivity index (χ0v) is 18.7. The van der Waals surface area contributed by atoms with Gasteiger partial charge in [-0.1, -0.05) is 51.1 Å². The molecule has 0 saturated carbocycles. The van der Waals surface area contributed by atoms with Gasteiger partial charge in [0, 0.05) is 27.2 Å². The van der Waals surface area contributed by atoms with E-state index < -0.39 is 8.32 Å². The Hall–Kier alpha value is -0.723. The van der Waals surface area contributed by atoms with Gasteiger partial charge in [-0.3, -0.25) is 0 Å². The van der Waals surface area contributed by atoms with Crippen LogP contribution >= 0.6 is 0 Å². The lowest BCUT2D eigenvalue weighted by molar-refractivity contribution is -0.0347. The molecule has 1 rings (SSSR count). The topological polar surface area (TPSA) is 36.9 Å². The third-order valence-electron chi connectivity index (χ3n) is 5.32. The molecule has 0 spiro atoms. The first-order chi connectivity index (χ1) is 12.2. The fourth-order valence-corrected chi connectivity index (χ4v) is 3.46. The average Bonchev–Trinajstić information content (AvgIpc) is 2.59. The molecule has 0 aromatic heterocycles. The third kappa shape index (κ3) is 8.31. The maximum Gasteiger partial charge on any atom is 0.191 e. The highest BCUT2D eigenvalue weighted by Crippen LogP contribution is 2.36. The van der Waals surface area contributed by atoms with Gasteiger partial charge in [0.2, 0.25) is 0 Å². The predicted molar refractivity (Wildman–Crippen MR) is 110 cm³/mol. The second-order valence-electron chi connectivity index (χ2n) is 8.35. The van der Waals surface area contributed by atoms with Crippen molar-refractivity contribution >= 4 is 8.32 Å². The zero-order chi connectivity index (χ0) is 19.6. The molecule has 0 bridgehead atoms. The van der Waals surface area contributed by atoms with Gasteiger partial charge in [-0.2, -0.15) is 0 Å². The van der Waals surface area contributed by atoms with Gasteiger partial charge >= 0.3 is 0 Å². The van der Waals surface area contributed by atoms with Gasteiger partial charge in [-0.05, 0) is 30.1 Å². The summed E-state index contributed by atoms with van der Waals surface area (Å²) in [6, 6.07) is 10.2. The first-order valence-electron chi connectivity index (χ1n) is 9.51. The fourth-order valence-electron chi connectivity index (χ4n) is 2.40. The lowest BCUT2D eigenvalue weighted by atomic mass is 10.1. The summed E-state index contributed by atoms with van der Waals surface area (Å²) in [6.45, 7) is 13.3. The molecule has 0 amide bonds. The van der Waals surface area contributed by atoms with Crippen LogP contribution in [0.3, 0.4) is 0 Å². The van der Waals surface area contributed by atoms with Gasteiger partial charge in [0.1, 0.15) is 0 Å². The van der Waals surface area contributed by atoms with Crippen LogP contribution in [0.15, 0.2) is 30.3 Å². The molecule has 150 valence electrons. The Balaban J connectivity index is 2.36. The van der Waals surface area contributed by atoms with E-state index in [1.807, 2.05) is 18.2 Å². The van der Waals surface area contributed by atoms with E-state index in [9.17, 15) is 0 Å². The van der Waals surface area contributed by atoms with Crippen molar-refractivity contribution in [2.24, 2.45) is 0 Å². The maximum absolute atomic E-state index is 6.27. The number of hydrogen-bond acceptors (Lipinski definition) is 4. The van der Waals surface area contributed by atoms with Crippen LogP contribution < -0.4 is 0 Å². The number of rotatable bonds is 12. The predicted octanol–water partition coefficient (Wildman–Crippen LogP) is 5.04. The highest BCUT2D eigenvalue weighted by molar-refractivity contribution is 6.74. The van der Waals surface area contributed by atoms with Crippen LogP contribution in [-0.2, 0) is 25.2 Å². The van der Waals surface area contributed by atoms with E-state index in [1.165, 1.54) is 5.56 Å². The summed E-state index contributed by atoms with van der Waals surface area (Å²) >= 11 is 0. The van der Waals surface area contributed by atoms with Crippen LogP contribution in [0, 0.1) is 0 Å². The minimum Gasteiger partial charge on any atom is -0.417 e. The molecule has 26 heavy (non-hydrogen) atoms. The first-order valence-corrected chi connectivity index (χ1v) is 12.4. The molecular formula is C21H38O4Si. The third-order valence-corrected chi connectivity index (χ3v) is 9.85. The molecular weight excluding hydrogens is 344 g/mol. The second kappa shape index (κ2) is 11.2. The van der Waals surface area contributed by atoms with E-state index in [0.29, 0.717) is 13.2 Å². The highest BCUT2D eigenvalue weighted by Gasteiger charge is 2.37. The van der Waals surface area contributed by atoms with Gasteiger partial charge in [0.25, 0.3) is 0 Å². The lowest BCUT2D eigenvalue weighted by Crippen LogP contribution is -2.41. The van der Waals surface area contributed by atoms with Gasteiger partial charge in [-0.25, -0.2) is 0 Å².